The summed E-state index contributed by atoms with van der Waals surface area (Å²) in [5.41, 5.74) is 5.77. The number of ketones is 1. The summed E-state index contributed by atoms with van der Waals surface area (Å²) in [6.45, 7) is 11.3. The maximum Gasteiger partial charge on any atom is 0.193 e. The zero-order valence-corrected chi connectivity index (χ0v) is 14.9. The summed E-state index contributed by atoms with van der Waals surface area (Å²) in [5, 5.41) is 0. The molecular formula is C22H26O. The zero-order chi connectivity index (χ0) is 16.8. The van der Waals surface area contributed by atoms with Gasteiger partial charge < -0.3 is 0 Å². The van der Waals surface area contributed by atoms with Gasteiger partial charge >= 0.3 is 0 Å². The van der Waals surface area contributed by atoms with Crippen molar-refractivity contribution in [3.63, 3.8) is 0 Å². The highest BCUT2D eigenvalue weighted by atomic mass is 16.1. The van der Waals surface area contributed by atoms with Gasteiger partial charge in [-0.1, -0.05) is 64.1 Å². The second-order valence-corrected chi connectivity index (χ2v) is 8.18. The van der Waals surface area contributed by atoms with Crippen LogP contribution in [0.5, 0.6) is 0 Å². The first kappa shape index (κ1) is 16.0. The van der Waals surface area contributed by atoms with Gasteiger partial charge in [0.1, 0.15) is 0 Å². The summed E-state index contributed by atoms with van der Waals surface area (Å²) < 4.78 is 0. The third-order valence-corrected chi connectivity index (χ3v) is 5.48. The van der Waals surface area contributed by atoms with E-state index in [0.29, 0.717) is 0 Å². The molecular weight excluding hydrogens is 280 g/mol. The summed E-state index contributed by atoms with van der Waals surface area (Å²) in [5.74, 6) is 0.130. The Morgan fingerprint density at radius 3 is 1.96 bits per heavy atom. The monoisotopic (exact) mass is 306 g/mol. The number of rotatable bonds is 2. The van der Waals surface area contributed by atoms with Crippen LogP contribution in [-0.4, -0.2) is 5.78 Å². The van der Waals surface area contributed by atoms with Crippen LogP contribution in [0.4, 0.5) is 0 Å². The molecule has 0 atom stereocenters. The summed E-state index contributed by atoms with van der Waals surface area (Å²) >= 11 is 0. The quantitative estimate of drug-likeness (QED) is 0.662. The van der Waals surface area contributed by atoms with Crippen LogP contribution in [0.25, 0.3) is 0 Å². The van der Waals surface area contributed by atoms with Crippen molar-refractivity contribution >= 4 is 5.78 Å². The van der Waals surface area contributed by atoms with Gasteiger partial charge in [-0.15, -0.1) is 0 Å². The summed E-state index contributed by atoms with van der Waals surface area (Å²) in [7, 11) is 0. The van der Waals surface area contributed by atoms with Gasteiger partial charge in [0.15, 0.2) is 5.78 Å². The maximum absolute atomic E-state index is 12.9. The van der Waals surface area contributed by atoms with E-state index < -0.39 is 0 Å². The van der Waals surface area contributed by atoms with Crippen molar-refractivity contribution in [3.8, 4) is 0 Å². The van der Waals surface area contributed by atoms with Gasteiger partial charge in [0.25, 0.3) is 0 Å². The summed E-state index contributed by atoms with van der Waals surface area (Å²) in [4.78, 5) is 12.9. The molecule has 0 fully saturated rings. The maximum atomic E-state index is 12.9. The molecule has 23 heavy (non-hydrogen) atoms. The molecule has 0 saturated carbocycles. The molecule has 0 aromatic heterocycles. The van der Waals surface area contributed by atoms with Crippen molar-refractivity contribution in [1.82, 2.24) is 0 Å². The van der Waals surface area contributed by atoms with E-state index in [1.165, 1.54) is 17.5 Å². The van der Waals surface area contributed by atoms with Crippen molar-refractivity contribution in [1.29, 1.82) is 0 Å². The van der Waals surface area contributed by atoms with Gasteiger partial charge in [-0.25, -0.2) is 0 Å². The Morgan fingerprint density at radius 2 is 1.39 bits per heavy atom. The second-order valence-electron chi connectivity index (χ2n) is 8.18. The Labute approximate surface area is 139 Å². The second kappa shape index (κ2) is 5.33. The Hall–Kier alpha value is -1.89. The summed E-state index contributed by atoms with van der Waals surface area (Å²) in [6, 6.07) is 14.0. The van der Waals surface area contributed by atoms with Gasteiger partial charge in [0.05, 0.1) is 0 Å². The third-order valence-electron chi connectivity index (χ3n) is 5.48. The van der Waals surface area contributed by atoms with Gasteiger partial charge in [-0.3, -0.25) is 4.79 Å². The Morgan fingerprint density at radius 1 is 0.870 bits per heavy atom. The average Bonchev–Trinajstić information content (AvgIpc) is 2.52. The van der Waals surface area contributed by atoms with E-state index in [1.807, 2.05) is 30.3 Å². The minimum Gasteiger partial charge on any atom is -0.289 e. The Bertz CT molecular complexity index is 751. The molecule has 0 aliphatic heterocycles. The molecule has 1 aliphatic carbocycles. The van der Waals surface area contributed by atoms with Crippen molar-refractivity contribution in [2.45, 2.75) is 58.3 Å². The molecule has 2 aromatic rings. The molecule has 1 nitrogen and oxygen atoms in total. The minimum absolute atomic E-state index is 0.129. The van der Waals surface area contributed by atoms with E-state index in [2.05, 4.69) is 46.8 Å². The number of hydrogen-bond acceptors (Lipinski definition) is 1. The number of carbonyl (C=O) groups excluding carboxylic acids is 1. The fourth-order valence-electron chi connectivity index (χ4n) is 3.71. The number of hydrogen-bond donors (Lipinski definition) is 0. The highest BCUT2D eigenvalue weighted by Crippen LogP contribution is 2.46. The Balaban J connectivity index is 2.17. The average molecular weight is 306 g/mol. The standard InChI is InChI=1S/C22H26O/c1-15-13-18-19(22(4,5)12-11-21(18,2)3)14-17(15)20(23)16-9-7-6-8-10-16/h6-10,13-14H,11-12H2,1-5H3. The van der Waals surface area contributed by atoms with E-state index >= 15 is 0 Å². The van der Waals surface area contributed by atoms with Gasteiger partial charge in [0.2, 0.25) is 0 Å². The number of aryl methyl sites for hydroxylation is 1. The van der Waals surface area contributed by atoms with E-state index in [0.717, 1.165) is 23.1 Å². The van der Waals surface area contributed by atoms with Crippen molar-refractivity contribution in [2.75, 3.05) is 0 Å². The first-order valence-electron chi connectivity index (χ1n) is 8.48. The van der Waals surface area contributed by atoms with Crippen LogP contribution in [0.2, 0.25) is 0 Å². The number of fused-ring (bicyclic) bond motifs is 1. The molecule has 0 spiro atoms. The third kappa shape index (κ3) is 2.73. The largest absolute Gasteiger partial charge is 0.289 e. The fraction of sp³-hybridized carbons (Fsp3) is 0.409. The van der Waals surface area contributed by atoms with E-state index in [4.69, 9.17) is 0 Å². The molecule has 0 radical (unpaired) electrons. The smallest absolute Gasteiger partial charge is 0.193 e. The van der Waals surface area contributed by atoms with Gasteiger partial charge in [-0.2, -0.15) is 0 Å². The lowest BCUT2D eigenvalue weighted by atomic mass is 9.62. The normalized spacial score (nSPS) is 18.3. The van der Waals surface area contributed by atoms with Crippen molar-refractivity contribution < 1.29 is 4.79 Å². The molecule has 1 heteroatoms. The van der Waals surface area contributed by atoms with Crippen molar-refractivity contribution in [3.05, 3.63) is 70.3 Å². The topological polar surface area (TPSA) is 17.1 Å². The van der Waals surface area contributed by atoms with E-state index in [-0.39, 0.29) is 16.6 Å². The SMILES string of the molecule is Cc1cc2c(cc1C(=O)c1ccccc1)C(C)(C)CCC2(C)C. The van der Waals surface area contributed by atoms with Crippen LogP contribution in [0.3, 0.4) is 0 Å². The highest BCUT2D eigenvalue weighted by molar-refractivity contribution is 6.10. The lowest BCUT2D eigenvalue weighted by Gasteiger charge is -2.42. The molecule has 0 heterocycles. The van der Waals surface area contributed by atoms with E-state index in [1.54, 1.807) is 0 Å². The zero-order valence-electron chi connectivity index (χ0n) is 14.9. The molecule has 0 bridgehead atoms. The molecule has 0 amide bonds. The lowest BCUT2D eigenvalue weighted by Crippen LogP contribution is -2.34. The van der Waals surface area contributed by atoms with Crippen LogP contribution >= 0.6 is 0 Å². The first-order chi connectivity index (χ1) is 10.7. The predicted molar refractivity (Wildman–Crippen MR) is 96.3 cm³/mol. The highest BCUT2D eigenvalue weighted by Gasteiger charge is 2.37. The molecule has 2 aromatic carbocycles. The lowest BCUT2D eigenvalue weighted by molar-refractivity contribution is 0.103. The first-order valence-corrected chi connectivity index (χ1v) is 8.48. The summed E-state index contributed by atoms with van der Waals surface area (Å²) in [6.07, 6.45) is 2.35. The number of carbonyl (C=O) groups is 1. The van der Waals surface area contributed by atoms with Gasteiger partial charge in [-0.05, 0) is 53.4 Å². The Kier molecular flexibility index (Phi) is 3.71. The van der Waals surface area contributed by atoms with E-state index in [9.17, 15) is 4.79 Å². The molecule has 1 aliphatic rings. The van der Waals surface area contributed by atoms with Crippen LogP contribution in [0.1, 0.15) is 73.1 Å². The van der Waals surface area contributed by atoms with Crippen LogP contribution in [0.15, 0.2) is 42.5 Å². The van der Waals surface area contributed by atoms with Gasteiger partial charge in [0, 0.05) is 11.1 Å². The molecule has 0 unspecified atom stereocenters. The molecule has 0 N–H and O–H groups in total. The fourth-order valence-corrected chi connectivity index (χ4v) is 3.71. The van der Waals surface area contributed by atoms with Crippen LogP contribution in [-0.2, 0) is 10.8 Å². The predicted octanol–water partition coefficient (Wildman–Crippen LogP) is 5.58. The number of benzene rings is 2. The molecule has 120 valence electrons. The van der Waals surface area contributed by atoms with Crippen LogP contribution < -0.4 is 0 Å². The van der Waals surface area contributed by atoms with Crippen molar-refractivity contribution in [2.24, 2.45) is 0 Å². The van der Waals surface area contributed by atoms with Crippen LogP contribution in [0, 0.1) is 6.92 Å². The molecule has 0 saturated heterocycles. The minimum atomic E-state index is 0.129. The molecule has 3 rings (SSSR count).